The van der Waals surface area contributed by atoms with E-state index >= 15 is 0 Å². The molecule has 2 rings (SSSR count). The molecule has 1 amide bonds. The minimum atomic E-state index is -0.159. The number of nitrogens with one attached hydrogen (secondary N) is 1. The predicted molar refractivity (Wildman–Crippen MR) is 95.2 cm³/mol. The van der Waals surface area contributed by atoms with Crippen LogP contribution in [0.15, 0.2) is 6.07 Å². The summed E-state index contributed by atoms with van der Waals surface area (Å²) in [4.78, 5) is 12.2. The molecule has 1 atom stereocenters. The topological polar surface area (TPSA) is 64.7 Å². The molecule has 0 saturated heterocycles. The van der Waals surface area contributed by atoms with Crippen molar-refractivity contribution in [1.29, 1.82) is 0 Å². The standard InChI is InChI=1S/C17H26ClN5O/c1-11(10-23-15(5)16(18)14(4)21-23)17(24)19-7-6-8-22-13(3)9-12(2)20-22/h9,11H,6-8,10H2,1-5H3,(H,19,24). The van der Waals surface area contributed by atoms with Gasteiger partial charge in [-0.3, -0.25) is 14.2 Å². The summed E-state index contributed by atoms with van der Waals surface area (Å²) in [6.45, 7) is 11.7. The van der Waals surface area contributed by atoms with Crippen LogP contribution in [0.25, 0.3) is 0 Å². The van der Waals surface area contributed by atoms with Crippen LogP contribution in [0.3, 0.4) is 0 Å². The van der Waals surface area contributed by atoms with Crippen molar-refractivity contribution < 1.29 is 4.79 Å². The van der Waals surface area contributed by atoms with Crippen LogP contribution < -0.4 is 5.32 Å². The number of aryl methyl sites for hydroxylation is 4. The lowest BCUT2D eigenvalue weighted by Gasteiger charge is -2.13. The van der Waals surface area contributed by atoms with Crippen molar-refractivity contribution in [3.8, 4) is 0 Å². The molecule has 0 spiro atoms. The van der Waals surface area contributed by atoms with E-state index in [0.29, 0.717) is 18.1 Å². The van der Waals surface area contributed by atoms with E-state index in [0.717, 1.165) is 35.7 Å². The lowest BCUT2D eigenvalue weighted by Crippen LogP contribution is -2.33. The Labute approximate surface area is 148 Å². The SMILES string of the molecule is Cc1cc(C)n(CCCNC(=O)C(C)Cn2nc(C)c(Cl)c2C)n1. The van der Waals surface area contributed by atoms with E-state index < -0.39 is 0 Å². The Morgan fingerprint density at radius 1 is 1.25 bits per heavy atom. The molecule has 0 fully saturated rings. The van der Waals surface area contributed by atoms with Gasteiger partial charge in [-0.05, 0) is 40.2 Å². The molecule has 0 saturated carbocycles. The van der Waals surface area contributed by atoms with Crippen LogP contribution in [0.1, 0.15) is 36.1 Å². The lowest BCUT2D eigenvalue weighted by atomic mass is 10.1. The van der Waals surface area contributed by atoms with E-state index in [9.17, 15) is 4.79 Å². The fourth-order valence-corrected chi connectivity index (χ4v) is 2.85. The van der Waals surface area contributed by atoms with Crippen LogP contribution in [0, 0.1) is 33.6 Å². The summed E-state index contributed by atoms with van der Waals surface area (Å²) in [6, 6.07) is 2.06. The molecular formula is C17H26ClN5O. The fraction of sp³-hybridized carbons (Fsp3) is 0.588. The Hall–Kier alpha value is -1.82. The molecule has 0 aliphatic rings. The predicted octanol–water partition coefficient (Wildman–Crippen LogP) is 2.81. The van der Waals surface area contributed by atoms with Gasteiger partial charge >= 0.3 is 0 Å². The first-order valence-electron chi connectivity index (χ1n) is 8.28. The maximum absolute atomic E-state index is 12.2. The van der Waals surface area contributed by atoms with Gasteiger partial charge in [-0.25, -0.2) is 0 Å². The van der Waals surface area contributed by atoms with Crippen LogP contribution in [0.4, 0.5) is 0 Å². The molecule has 0 aromatic carbocycles. The Balaban J connectivity index is 1.77. The highest BCUT2D eigenvalue weighted by atomic mass is 35.5. The first-order valence-corrected chi connectivity index (χ1v) is 8.65. The number of hydrogen-bond acceptors (Lipinski definition) is 3. The number of aromatic nitrogens is 4. The van der Waals surface area contributed by atoms with E-state index in [2.05, 4.69) is 21.6 Å². The Kier molecular flexibility index (Phi) is 6.04. The van der Waals surface area contributed by atoms with Gasteiger partial charge in [0.05, 0.1) is 34.6 Å². The maximum Gasteiger partial charge on any atom is 0.224 e. The Morgan fingerprint density at radius 3 is 2.50 bits per heavy atom. The summed E-state index contributed by atoms with van der Waals surface area (Å²) in [5.74, 6) is -0.125. The van der Waals surface area contributed by atoms with Gasteiger partial charge in [0, 0.05) is 18.8 Å². The van der Waals surface area contributed by atoms with Crippen LogP contribution >= 0.6 is 11.6 Å². The number of rotatable bonds is 7. The largest absolute Gasteiger partial charge is 0.356 e. The minimum absolute atomic E-state index is 0.0343. The van der Waals surface area contributed by atoms with Crippen molar-refractivity contribution in [3.05, 3.63) is 33.9 Å². The minimum Gasteiger partial charge on any atom is -0.356 e. The van der Waals surface area contributed by atoms with E-state index in [1.165, 1.54) is 0 Å². The molecule has 6 nitrogen and oxygen atoms in total. The molecule has 1 unspecified atom stereocenters. The normalized spacial score (nSPS) is 12.4. The summed E-state index contributed by atoms with van der Waals surface area (Å²) in [5.41, 5.74) is 3.87. The lowest BCUT2D eigenvalue weighted by molar-refractivity contribution is -0.124. The van der Waals surface area contributed by atoms with Gasteiger partial charge in [0.2, 0.25) is 5.91 Å². The number of carbonyl (C=O) groups is 1. The molecule has 0 bridgehead atoms. The third kappa shape index (κ3) is 4.38. The molecule has 2 aromatic rings. The molecule has 2 heterocycles. The van der Waals surface area contributed by atoms with E-state index in [1.807, 2.05) is 39.3 Å². The highest BCUT2D eigenvalue weighted by Gasteiger charge is 2.17. The molecule has 0 aliphatic carbocycles. The number of carbonyl (C=O) groups excluding carboxylic acids is 1. The summed E-state index contributed by atoms with van der Waals surface area (Å²) in [7, 11) is 0. The summed E-state index contributed by atoms with van der Waals surface area (Å²) < 4.78 is 3.78. The Bertz CT molecular complexity index is 719. The molecule has 24 heavy (non-hydrogen) atoms. The van der Waals surface area contributed by atoms with Gasteiger partial charge in [-0.1, -0.05) is 18.5 Å². The molecule has 132 valence electrons. The first-order chi connectivity index (χ1) is 11.3. The summed E-state index contributed by atoms with van der Waals surface area (Å²) in [6.07, 6.45) is 0.853. The molecule has 7 heteroatoms. The van der Waals surface area contributed by atoms with Gasteiger partial charge < -0.3 is 5.32 Å². The first kappa shape index (κ1) is 18.5. The molecular weight excluding hydrogens is 326 g/mol. The van der Waals surface area contributed by atoms with E-state index in [4.69, 9.17) is 11.6 Å². The van der Waals surface area contributed by atoms with Crippen molar-refractivity contribution >= 4 is 17.5 Å². The summed E-state index contributed by atoms with van der Waals surface area (Å²) >= 11 is 6.14. The summed E-state index contributed by atoms with van der Waals surface area (Å²) in [5, 5.41) is 12.5. The second kappa shape index (κ2) is 7.83. The van der Waals surface area contributed by atoms with Gasteiger partial charge in [0.25, 0.3) is 0 Å². The zero-order valence-corrected chi connectivity index (χ0v) is 15.8. The smallest absolute Gasteiger partial charge is 0.224 e. The van der Waals surface area contributed by atoms with Crippen molar-refractivity contribution in [2.75, 3.05) is 6.54 Å². The zero-order valence-electron chi connectivity index (χ0n) is 15.1. The molecule has 1 N–H and O–H groups in total. The van der Waals surface area contributed by atoms with Crippen molar-refractivity contribution in [2.24, 2.45) is 5.92 Å². The van der Waals surface area contributed by atoms with Crippen LogP contribution in [0.2, 0.25) is 5.02 Å². The maximum atomic E-state index is 12.2. The van der Waals surface area contributed by atoms with E-state index in [1.54, 1.807) is 4.68 Å². The monoisotopic (exact) mass is 351 g/mol. The van der Waals surface area contributed by atoms with Crippen LogP contribution in [0.5, 0.6) is 0 Å². The highest BCUT2D eigenvalue weighted by molar-refractivity contribution is 6.31. The van der Waals surface area contributed by atoms with Crippen LogP contribution in [-0.4, -0.2) is 32.0 Å². The van der Waals surface area contributed by atoms with Crippen molar-refractivity contribution in [1.82, 2.24) is 24.9 Å². The van der Waals surface area contributed by atoms with Gasteiger partial charge in [0.1, 0.15) is 0 Å². The van der Waals surface area contributed by atoms with Gasteiger partial charge in [-0.15, -0.1) is 0 Å². The van der Waals surface area contributed by atoms with E-state index in [-0.39, 0.29) is 11.8 Å². The number of halogens is 1. The van der Waals surface area contributed by atoms with Crippen molar-refractivity contribution in [3.63, 3.8) is 0 Å². The third-order valence-corrected chi connectivity index (χ3v) is 4.68. The quantitative estimate of drug-likeness (QED) is 0.780. The number of amides is 1. The number of nitrogens with zero attached hydrogens (tertiary/aromatic N) is 4. The zero-order chi connectivity index (χ0) is 17.9. The average Bonchev–Trinajstić information content (AvgIpc) is 2.97. The van der Waals surface area contributed by atoms with Crippen LogP contribution in [-0.2, 0) is 17.9 Å². The Morgan fingerprint density at radius 2 is 1.96 bits per heavy atom. The highest BCUT2D eigenvalue weighted by Crippen LogP contribution is 2.19. The second-order valence-corrected chi connectivity index (χ2v) is 6.74. The van der Waals surface area contributed by atoms with Gasteiger partial charge in [0.15, 0.2) is 0 Å². The third-order valence-electron chi connectivity index (χ3n) is 4.14. The fourth-order valence-electron chi connectivity index (χ4n) is 2.71. The average molecular weight is 352 g/mol. The molecule has 0 aliphatic heterocycles. The number of hydrogen-bond donors (Lipinski definition) is 1. The second-order valence-electron chi connectivity index (χ2n) is 6.36. The van der Waals surface area contributed by atoms with Gasteiger partial charge in [-0.2, -0.15) is 10.2 Å². The molecule has 0 radical (unpaired) electrons. The molecule has 2 aromatic heterocycles. The van der Waals surface area contributed by atoms with Crippen molar-refractivity contribution in [2.45, 2.75) is 54.1 Å².